The summed E-state index contributed by atoms with van der Waals surface area (Å²) in [6.45, 7) is 1.80. The summed E-state index contributed by atoms with van der Waals surface area (Å²) >= 11 is 1.55. The topological polar surface area (TPSA) is 104 Å². The average Bonchev–Trinajstić information content (AvgIpc) is 3.35. The van der Waals surface area contributed by atoms with Crippen molar-refractivity contribution in [3.63, 3.8) is 0 Å². The molecule has 0 fully saturated rings. The number of carbonyl (C=O) groups is 1. The second-order valence-electron chi connectivity index (χ2n) is 6.23. The van der Waals surface area contributed by atoms with Gasteiger partial charge in [0.2, 0.25) is 11.9 Å². The normalized spacial score (nSPS) is 15.8. The van der Waals surface area contributed by atoms with Gasteiger partial charge in [-0.1, -0.05) is 12.1 Å². The highest BCUT2D eigenvalue weighted by Crippen LogP contribution is 2.39. The number of benzene rings is 1. The molecule has 1 aliphatic rings. The van der Waals surface area contributed by atoms with Gasteiger partial charge in [-0.3, -0.25) is 4.79 Å². The lowest BCUT2D eigenvalue weighted by Crippen LogP contribution is -2.31. The first kappa shape index (κ1) is 18.1. The zero-order chi connectivity index (χ0) is 19.8. The number of nitrogens with two attached hydrogens (primary N) is 1. The summed E-state index contributed by atoms with van der Waals surface area (Å²) in [6.07, 6.45) is 0. The Kier molecular flexibility index (Phi) is 4.52. The third-order valence-corrected chi connectivity index (χ3v) is 5.45. The van der Waals surface area contributed by atoms with Gasteiger partial charge in [-0.2, -0.15) is 4.98 Å². The van der Waals surface area contributed by atoms with E-state index < -0.39 is 11.9 Å². The second kappa shape index (κ2) is 7.01. The number of aromatic nitrogens is 3. The van der Waals surface area contributed by atoms with Gasteiger partial charge in [-0.25, -0.2) is 4.68 Å². The number of ether oxygens (including phenoxy) is 2. The van der Waals surface area contributed by atoms with Crippen LogP contribution in [0.25, 0.3) is 10.7 Å². The van der Waals surface area contributed by atoms with Gasteiger partial charge in [0.05, 0.1) is 24.7 Å². The minimum absolute atomic E-state index is 0.419. The number of nitrogens with zero attached hydrogens (tertiary/aromatic N) is 3. The number of carbonyl (C=O) groups excluding carboxylic acids is 1. The zero-order valence-electron chi connectivity index (χ0n) is 15.6. The molecule has 2 aromatic heterocycles. The van der Waals surface area contributed by atoms with E-state index in [-0.39, 0.29) is 0 Å². The van der Waals surface area contributed by atoms with Gasteiger partial charge in [0.15, 0.2) is 17.3 Å². The molecule has 0 spiro atoms. The Morgan fingerprint density at radius 1 is 1.25 bits per heavy atom. The van der Waals surface area contributed by atoms with Crippen LogP contribution in [0.4, 0.5) is 5.95 Å². The minimum Gasteiger partial charge on any atom is -0.493 e. The summed E-state index contributed by atoms with van der Waals surface area (Å²) in [6, 6.07) is 8.84. The molecule has 144 valence electrons. The molecule has 0 bridgehead atoms. The van der Waals surface area contributed by atoms with Crippen LogP contribution in [0.15, 0.2) is 47.0 Å². The van der Waals surface area contributed by atoms with Crippen LogP contribution < -0.4 is 20.5 Å². The number of primary amides is 1. The summed E-state index contributed by atoms with van der Waals surface area (Å²) in [7, 11) is 3.14. The summed E-state index contributed by atoms with van der Waals surface area (Å²) in [4.78, 5) is 17.8. The van der Waals surface area contributed by atoms with Crippen molar-refractivity contribution in [2.24, 2.45) is 5.73 Å². The van der Waals surface area contributed by atoms with Crippen LogP contribution in [0.3, 0.4) is 0 Å². The molecule has 1 amide bonds. The number of amides is 1. The molecule has 4 rings (SSSR count). The van der Waals surface area contributed by atoms with Crippen molar-refractivity contribution in [3.8, 4) is 22.2 Å². The number of allylic oxidation sites excluding steroid dienone is 1. The lowest BCUT2D eigenvalue weighted by molar-refractivity contribution is -0.115. The Balaban J connectivity index is 1.89. The molecule has 3 heterocycles. The number of hydrogen-bond donors (Lipinski definition) is 2. The Labute approximate surface area is 165 Å². The highest BCUT2D eigenvalue weighted by atomic mass is 32.1. The van der Waals surface area contributed by atoms with E-state index >= 15 is 0 Å². The third kappa shape index (κ3) is 2.89. The monoisotopic (exact) mass is 397 g/mol. The molecular formula is C19H19N5O3S. The Bertz CT molecular complexity index is 1070. The van der Waals surface area contributed by atoms with E-state index in [1.54, 1.807) is 43.2 Å². The Morgan fingerprint density at radius 2 is 2.04 bits per heavy atom. The predicted molar refractivity (Wildman–Crippen MR) is 107 cm³/mol. The van der Waals surface area contributed by atoms with Crippen LogP contribution in [0.1, 0.15) is 18.5 Å². The van der Waals surface area contributed by atoms with E-state index in [1.807, 2.05) is 29.6 Å². The van der Waals surface area contributed by atoms with Crippen molar-refractivity contribution in [1.29, 1.82) is 0 Å². The highest BCUT2D eigenvalue weighted by Gasteiger charge is 2.34. The SMILES string of the molecule is COc1ccc(C2C(C(N)=O)=C(C)Nc3nc(-c4cccs4)nn32)cc1OC. The van der Waals surface area contributed by atoms with E-state index in [2.05, 4.69) is 15.4 Å². The van der Waals surface area contributed by atoms with Crippen LogP contribution in [0.2, 0.25) is 0 Å². The van der Waals surface area contributed by atoms with Crippen LogP contribution in [0.5, 0.6) is 11.5 Å². The molecule has 8 nitrogen and oxygen atoms in total. The van der Waals surface area contributed by atoms with E-state index in [0.29, 0.717) is 34.5 Å². The molecule has 1 aliphatic heterocycles. The van der Waals surface area contributed by atoms with Gasteiger partial charge in [0.1, 0.15) is 6.04 Å². The maximum absolute atomic E-state index is 12.3. The molecule has 0 saturated heterocycles. The fourth-order valence-electron chi connectivity index (χ4n) is 3.31. The van der Waals surface area contributed by atoms with Gasteiger partial charge in [0, 0.05) is 5.70 Å². The molecule has 0 radical (unpaired) electrons. The molecule has 3 aromatic rings. The van der Waals surface area contributed by atoms with E-state index in [1.165, 1.54) is 0 Å². The quantitative estimate of drug-likeness (QED) is 0.686. The van der Waals surface area contributed by atoms with Crippen molar-refractivity contribution < 1.29 is 14.3 Å². The smallest absolute Gasteiger partial charge is 0.248 e. The zero-order valence-corrected chi connectivity index (χ0v) is 16.4. The fourth-order valence-corrected chi connectivity index (χ4v) is 3.96. The summed E-state index contributed by atoms with van der Waals surface area (Å²) in [5, 5.41) is 9.76. The standard InChI is InChI=1S/C19H19N5O3S/c1-10-15(17(20)25)16(11-6-7-12(26-2)13(9-11)27-3)24-19(21-10)22-18(23-24)14-5-4-8-28-14/h4-9,16H,1-3H3,(H2,20,25)(H,21,22,23). The summed E-state index contributed by atoms with van der Waals surface area (Å²) < 4.78 is 12.4. The summed E-state index contributed by atoms with van der Waals surface area (Å²) in [5.74, 6) is 1.76. The van der Waals surface area contributed by atoms with Crippen molar-refractivity contribution in [1.82, 2.24) is 14.8 Å². The lowest BCUT2D eigenvalue weighted by atomic mass is 9.95. The minimum atomic E-state index is -0.533. The van der Waals surface area contributed by atoms with Crippen molar-refractivity contribution in [3.05, 3.63) is 52.5 Å². The van der Waals surface area contributed by atoms with E-state index in [0.717, 1.165) is 10.4 Å². The number of rotatable bonds is 5. The van der Waals surface area contributed by atoms with E-state index in [9.17, 15) is 4.79 Å². The molecule has 1 aromatic carbocycles. The number of hydrogen-bond acceptors (Lipinski definition) is 7. The van der Waals surface area contributed by atoms with Crippen LogP contribution in [-0.4, -0.2) is 34.9 Å². The van der Waals surface area contributed by atoms with Crippen LogP contribution in [0, 0.1) is 0 Å². The molecule has 1 unspecified atom stereocenters. The largest absolute Gasteiger partial charge is 0.493 e. The maximum atomic E-state index is 12.3. The fraction of sp³-hybridized carbons (Fsp3) is 0.211. The van der Waals surface area contributed by atoms with Gasteiger partial charge in [-0.15, -0.1) is 16.4 Å². The molecular weight excluding hydrogens is 378 g/mol. The highest BCUT2D eigenvalue weighted by molar-refractivity contribution is 7.13. The molecule has 0 saturated carbocycles. The molecule has 0 aliphatic carbocycles. The van der Waals surface area contributed by atoms with Gasteiger partial charge < -0.3 is 20.5 Å². The molecule has 9 heteroatoms. The first-order valence-electron chi connectivity index (χ1n) is 8.53. The number of thiophene rings is 1. The Hall–Kier alpha value is -3.33. The number of nitrogens with one attached hydrogen (secondary N) is 1. The lowest BCUT2D eigenvalue weighted by Gasteiger charge is -2.28. The number of anilines is 1. The van der Waals surface area contributed by atoms with Crippen molar-refractivity contribution in [2.75, 3.05) is 19.5 Å². The second-order valence-corrected chi connectivity index (χ2v) is 7.17. The first-order chi connectivity index (χ1) is 13.5. The summed E-state index contributed by atoms with van der Waals surface area (Å²) in [5.41, 5.74) is 7.57. The van der Waals surface area contributed by atoms with Crippen molar-refractivity contribution >= 4 is 23.2 Å². The molecule has 28 heavy (non-hydrogen) atoms. The van der Waals surface area contributed by atoms with Crippen LogP contribution >= 0.6 is 11.3 Å². The number of fused-ring (bicyclic) bond motifs is 1. The third-order valence-electron chi connectivity index (χ3n) is 4.58. The number of methoxy groups -OCH3 is 2. The average molecular weight is 397 g/mol. The molecule has 1 atom stereocenters. The molecule has 3 N–H and O–H groups in total. The van der Waals surface area contributed by atoms with E-state index in [4.69, 9.17) is 15.2 Å². The van der Waals surface area contributed by atoms with Gasteiger partial charge in [-0.05, 0) is 36.1 Å². The van der Waals surface area contributed by atoms with Crippen LogP contribution in [-0.2, 0) is 4.79 Å². The first-order valence-corrected chi connectivity index (χ1v) is 9.41. The van der Waals surface area contributed by atoms with Gasteiger partial charge in [0.25, 0.3) is 0 Å². The van der Waals surface area contributed by atoms with Crippen molar-refractivity contribution in [2.45, 2.75) is 13.0 Å². The predicted octanol–water partition coefficient (Wildman–Crippen LogP) is 2.80. The Morgan fingerprint density at radius 3 is 2.68 bits per heavy atom. The maximum Gasteiger partial charge on any atom is 0.248 e. The van der Waals surface area contributed by atoms with Gasteiger partial charge >= 0.3 is 0 Å².